The monoisotopic (exact) mass is 1250 g/mol. The number of ether oxygens (including phenoxy) is 4. The van der Waals surface area contributed by atoms with E-state index in [1.807, 2.05) is 0 Å². The van der Waals surface area contributed by atoms with Crippen molar-refractivity contribution < 1.29 is 80.2 Å². The Morgan fingerprint density at radius 2 is 0.471 bits per heavy atom. The predicted octanol–water partition coefficient (Wildman–Crippen LogP) is 18.7. The number of esters is 4. The molecule has 17 nitrogen and oxygen atoms in total. The van der Waals surface area contributed by atoms with Gasteiger partial charge in [0.1, 0.15) is 19.3 Å². The summed E-state index contributed by atoms with van der Waals surface area (Å²) >= 11 is 0. The molecule has 0 saturated heterocycles. The number of unbranched alkanes of at least 4 members (excludes halogenated alkanes) is 41. The Morgan fingerprint density at radius 1 is 0.282 bits per heavy atom. The number of aliphatic hydroxyl groups is 1. The van der Waals surface area contributed by atoms with E-state index in [-0.39, 0.29) is 25.7 Å². The molecule has 0 heterocycles. The second kappa shape index (κ2) is 60.9. The van der Waals surface area contributed by atoms with Crippen LogP contribution >= 0.6 is 15.6 Å². The van der Waals surface area contributed by atoms with Crippen LogP contribution in [0.1, 0.15) is 342 Å². The van der Waals surface area contributed by atoms with Gasteiger partial charge in [-0.1, -0.05) is 291 Å². The van der Waals surface area contributed by atoms with Crippen LogP contribution in [0.25, 0.3) is 0 Å². The molecule has 5 atom stereocenters. The number of hydrogen-bond acceptors (Lipinski definition) is 15. The van der Waals surface area contributed by atoms with Crippen LogP contribution in [0.5, 0.6) is 0 Å². The number of rotatable bonds is 67. The van der Waals surface area contributed by atoms with E-state index in [9.17, 15) is 43.2 Å². The standard InChI is InChI=1S/C66H128O17P2/c1-5-9-13-17-21-25-27-29-31-33-35-37-41-45-49-53-66(71)83-62(57-77-64(69)51-47-43-40-36-34-32-30-28-26-22-18-14-10-6-2)59-81-85(74,75)79-55-60(67)54-78-84(72,73)80-58-61(82-65(70)52-48-44-39-24-20-16-12-8-4)56-76-63(68)50-46-42-38-23-19-15-11-7-3/h60-62,67H,5-59H2,1-4H3,(H,72,73)(H,74,75)/t60-,61+,62+/m0/s1. The van der Waals surface area contributed by atoms with Crippen LogP contribution in [0, 0.1) is 0 Å². The number of hydrogen-bond donors (Lipinski definition) is 3. The fraction of sp³-hybridized carbons (Fsp3) is 0.939. The summed E-state index contributed by atoms with van der Waals surface area (Å²) in [4.78, 5) is 72.2. The highest BCUT2D eigenvalue weighted by Crippen LogP contribution is 2.45. The van der Waals surface area contributed by atoms with Crippen molar-refractivity contribution in [1.29, 1.82) is 0 Å². The lowest BCUT2D eigenvalue weighted by Crippen LogP contribution is -2.30. The lowest BCUT2D eigenvalue weighted by atomic mass is 10.0. The summed E-state index contributed by atoms with van der Waals surface area (Å²) in [6.07, 6.45) is 47.2. The molecule has 0 aliphatic heterocycles. The molecule has 0 aromatic rings. The predicted molar refractivity (Wildman–Crippen MR) is 340 cm³/mol. The van der Waals surface area contributed by atoms with Gasteiger partial charge in [0, 0.05) is 25.7 Å². The van der Waals surface area contributed by atoms with Gasteiger partial charge in [0.25, 0.3) is 0 Å². The van der Waals surface area contributed by atoms with Gasteiger partial charge in [0.2, 0.25) is 0 Å². The maximum Gasteiger partial charge on any atom is 0.472 e. The third-order valence-corrected chi connectivity index (χ3v) is 17.3. The van der Waals surface area contributed by atoms with E-state index in [2.05, 4.69) is 27.7 Å². The number of phosphoric acid groups is 2. The molecule has 0 fully saturated rings. The smallest absolute Gasteiger partial charge is 0.462 e. The van der Waals surface area contributed by atoms with Gasteiger partial charge in [0.15, 0.2) is 12.2 Å². The van der Waals surface area contributed by atoms with Crippen LogP contribution in [0.15, 0.2) is 0 Å². The fourth-order valence-electron chi connectivity index (χ4n) is 9.99. The molecule has 19 heteroatoms. The van der Waals surface area contributed by atoms with Crippen LogP contribution in [-0.4, -0.2) is 96.7 Å². The molecule has 0 rings (SSSR count). The van der Waals surface area contributed by atoms with Crippen LogP contribution < -0.4 is 0 Å². The summed E-state index contributed by atoms with van der Waals surface area (Å²) in [6, 6.07) is 0. The molecule has 2 unspecified atom stereocenters. The molecule has 3 N–H and O–H groups in total. The highest BCUT2D eigenvalue weighted by Gasteiger charge is 2.30. The third-order valence-electron chi connectivity index (χ3n) is 15.4. The van der Waals surface area contributed by atoms with Gasteiger partial charge in [-0.3, -0.25) is 37.3 Å². The van der Waals surface area contributed by atoms with Crippen molar-refractivity contribution in [3.05, 3.63) is 0 Å². The molecule has 0 saturated carbocycles. The van der Waals surface area contributed by atoms with Gasteiger partial charge >= 0.3 is 39.5 Å². The molecule has 85 heavy (non-hydrogen) atoms. The van der Waals surface area contributed by atoms with Crippen LogP contribution in [-0.2, 0) is 65.4 Å². The summed E-state index contributed by atoms with van der Waals surface area (Å²) in [5.74, 6) is -2.13. The first-order valence-corrected chi connectivity index (χ1v) is 37.8. The largest absolute Gasteiger partial charge is 0.472 e. The van der Waals surface area contributed by atoms with Gasteiger partial charge in [-0.05, 0) is 25.7 Å². The van der Waals surface area contributed by atoms with Crippen molar-refractivity contribution in [2.75, 3.05) is 39.6 Å². The normalized spacial score (nSPS) is 14.1. The minimum atomic E-state index is -4.95. The topological polar surface area (TPSA) is 237 Å². The first-order chi connectivity index (χ1) is 41.2. The molecule has 0 amide bonds. The number of carbonyl (C=O) groups excluding carboxylic acids is 4. The van der Waals surface area contributed by atoms with Crippen LogP contribution in [0.2, 0.25) is 0 Å². The number of carbonyl (C=O) groups is 4. The molecule has 0 bridgehead atoms. The fourth-order valence-corrected chi connectivity index (χ4v) is 11.6. The van der Waals surface area contributed by atoms with Gasteiger partial charge in [-0.25, -0.2) is 9.13 Å². The molecule has 0 aromatic carbocycles. The average Bonchev–Trinajstić information content (AvgIpc) is 3.61. The van der Waals surface area contributed by atoms with E-state index in [1.165, 1.54) is 161 Å². The van der Waals surface area contributed by atoms with E-state index in [0.717, 1.165) is 103 Å². The van der Waals surface area contributed by atoms with Crippen molar-refractivity contribution in [3.63, 3.8) is 0 Å². The maximum atomic E-state index is 13.0. The Balaban J connectivity index is 5.19. The van der Waals surface area contributed by atoms with Gasteiger partial charge in [-0.2, -0.15) is 0 Å². The number of phosphoric ester groups is 2. The van der Waals surface area contributed by atoms with E-state index >= 15 is 0 Å². The lowest BCUT2D eigenvalue weighted by molar-refractivity contribution is -0.161. The minimum Gasteiger partial charge on any atom is -0.462 e. The first kappa shape index (κ1) is 83.1. The zero-order chi connectivity index (χ0) is 62.6. The quantitative estimate of drug-likeness (QED) is 0.0222. The van der Waals surface area contributed by atoms with Crippen LogP contribution in [0.3, 0.4) is 0 Å². The van der Waals surface area contributed by atoms with Gasteiger partial charge < -0.3 is 33.8 Å². The molecule has 0 aliphatic rings. The molecule has 0 aliphatic carbocycles. The van der Waals surface area contributed by atoms with Crippen molar-refractivity contribution >= 4 is 39.5 Å². The first-order valence-electron chi connectivity index (χ1n) is 34.8. The number of aliphatic hydroxyl groups excluding tert-OH is 1. The third kappa shape index (κ3) is 60.7. The van der Waals surface area contributed by atoms with Crippen molar-refractivity contribution in [3.8, 4) is 0 Å². The highest BCUT2D eigenvalue weighted by atomic mass is 31.2. The Morgan fingerprint density at radius 3 is 0.694 bits per heavy atom. The molecule has 504 valence electrons. The molecule has 0 radical (unpaired) electrons. The molecular weight excluding hydrogens is 1130 g/mol. The average molecular weight is 1260 g/mol. The Kier molecular flexibility index (Phi) is 59.6. The molecule has 0 spiro atoms. The zero-order valence-corrected chi connectivity index (χ0v) is 56.4. The summed E-state index contributed by atoms with van der Waals surface area (Å²) in [5.41, 5.74) is 0. The Bertz CT molecular complexity index is 1640. The van der Waals surface area contributed by atoms with E-state index in [1.54, 1.807) is 0 Å². The Labute approximate surface area is 517 Å². The molecular formula is C66H128O17P2. The Hall–Kier alpha value is -1.94. The lowest BCUT2D eigenvalue weighted by Gasteiger charge is -2.21. The van der Waals surface area contributed by atoms with Crippen LogP contribution in [0.4, 0.5) is 0 Å². The summed E-state index contributed by atoms with van der Waals surface area (Å²) in [5, 5.41) is 10.5. The molecule has 0 aromatic heterocycles. The van der Waals surface area contributed by atoms with Crippen molar-refractivity contribution in [1.82, 2.24) is 0 Å². The SMILES string of the molecule is CCCCCCCCCCCCCCCCCC(=O)O[C@H](COC(=O)CCCCCCCCCCCCCCCC)COP(=O)(O)OC[C@@H](O)COP(=O)(O)OC[C@@H](COC(=O)CCCCCCCCCC)OC(=O)CCCCCCCCCC. The van der Waals surface area contributed by atoms with E-state index < -0.39 is 97.5 Å². The summed E-state index contributed by atoms with van der Waals surface area (Å²) < 4.78 is 68.0. The second-order valence-electron chi connectivity index (χ2n) is 23.9. The maximum absolute atomic E-state index is 13.0. The summed E-state index contributed by atoms with van der Waals surface area (Å²) in [7, 11) is -9.88. The van der Waals surface area contributed by atoms with E-state index in [4.69, 9.17) is 37.0 Å². The van der Waals surface area contributed by atoms with Crippen molar-refractivity contribution in [2.45, 2.75) is 361 Å². The van der Waals surface area contributed by atoms with Gasteiger partial charge in [0.05, 0.1) is 26.4 Å². The minimum absolute atomic E-state index is 0.105. The van der Waals surface area contributed by atoms with E-state index in [0.29, 0.717) is 25.7 Å². The second-order valence-corrected chi connectivity index (χ2v) is 26.8. The summed E-state index contributed by atoms with van der Waals surface area (Å²) in [6.45, 7) is 4.87. The zero-order valence-electron chi connectivity index (χ0n) is 54.6. The van der Waals surface area contributed by atoms with Crippen molar-refractivity contribution in [2.24, 2.45) is 0 Å². The van der Waals surface area contributed by atoms with Gasteiger partial charge in [-0.15, -0.1) is 0 Å². The highest BCUT2D eigenvalue weighted by molar-refractivity contribution is 7.47.